The second kappa shape index (κ2) is 8.75. The van der Waals surface area contributed by atoms with Gasteiger partial charge in [-0.2, -0.15) is 0 Å². The lowest BCUT2D eigenvalue weighted by molar-refractivity contribution is -0.120. The quantitative estimate of drug-likeness (QED) is 0.503. The fourth-order valence-corrected chi connectivity index (χ4v) is 4.58. The van der Waals surface area contributed by atoms with E-state index in [-0.39, 0.29) is 5.70 Å². The van der Waals surface area contributed by atoms with E-state index in [4.69, 9.17) is 11.6 Å². The fraction of sp³-hybridized carbons (Fsp3) is 0.185. The van der Waals surface area contributed by atoms with E-state index < -0.39 is 11.8 Å². The molecular formula is C27H24ClN3O2. The number of aryl methyl sites for hydroxylation is 1. The molecule has 2 amide bonds. The summed E-state index contributed by atoms with van der Waals surface area (Å²) < 4.78 is 0. The van der Waals surface area contributed by atoms with Gasteiger partial charge in [0, 0.05) is 24.5 Å². The van der Waals surface area contributed by atoms with Crippen LogP contribution in [0.2, 0.25) is 5.02 Å². The second-order valence-corrected chi connectivity index (χ2v) is 8.79. The number of nitrogens with zero attached hydrogens (tertiary/aromatic N) is 2. The van der Waals surface area contributed by atoms with Crippen LogP contribution in [-0.4, -0.2) is 24.9 Å². The molecule has 1 saturated heterocycles. The molecule has 0 unspecified atom stereocenters. The van der Waals surface area contributed by atoms with E-state index in [0.29, 0.717) is 21.8 Å². The van der Waals surface area contributed by atoms with Crippen LogP contribution in [-0.2, 0) is 9.59 Å². The maximum atomic E-state index is 13.5. The summed E-state index contributed by atoms with van der Waals surface area (Å²) in [5.41, 5.74) is 4.63. The molecule has 6 heteroatoms. The van der Waals surface area contributed by atoms with Crippen LogP contribution in [0.3, 0.4) is 0 Å². The Bertz CT molecular complexity index is 1240. The Balaban J connectivity index is 1.53. The summed E-state index contributed by atoms with van der Waals surface area (Å²) in [4.78, 5) is 30.5. The van der Waals surface area contributed by atoms with Gasteiger partial charge in [-0.15, -0.1) is 0 Å². The number of imide groups is 1. The molecule has 0 radical (unpaired) electrons. The zero-order chi connectivity index (χ0) is 22.9. The molecule has 2 heterocycles. The van der Waals surface area contributed by atoms with E-state index in [1.165, 1.54) is 12.8 Å². The van der Waals surface area contributed by atoms with Crippen LogP contribution in [0.5, 0.6) is 0 Å². The summed E-state index contributed by atoms with van der Waals surface area (Å²) in [7, 11) is 0. The van der Waals surface area contributed by atoms with Crippen LogP contribution in [0.15, 0.2) is 78.5 Å². The van der Waals surface area contributed by atoms with Crippen molar-refractivity contribution in [2.24, 2.45) is 0 Å². The predicted molar refractivity (Wildman–Crippen MR) is 134 cm³/mol. The van der Waals surface area contributed by atoms with Crippen molar-refractivity contribution in [1.29, 1.82) is 0 Å². The van der Waals surface area contributed by atoms with Gasteiger partial charge in [0.05, 0.1) is 16.3 Å². The van der Waals surface area contributed by atoms with Gasteiger partial charge in [0.25, 0.3) is 11.8 Å². The van der Waals surface area contributed by atoms with Crippen molar-refractivity contribution < 1.29 is 9.59 Å². The summed E-state index contributed by atoms with van der Waals surface area (Å²) >= 11 is 6.35. The molecule has 0 atom stereocenters. The number of hydrogen-bond acceptors (Lipinski definition) is 4. The van der Waals surface area contributed by atoms with Crippen LogP contribution in [0, 0.1) is 6.92 Å². The number of amides is 2. The van der Waals surface area contributed by atoms with Crippen LogP contribution in [0.25, 0.3) is 5.57 Å². The minimum atomic E-state index is -0.424. The average molecular weight is 458 g/mol. The highest BCUT2D eigenvalue weighted by Crippen LogP contribution is 2.37. The Morgan fingerprint density at radius 1 is 0.818 bits per heavy atom. The first-order valence-electron chi connectivity index (χ1n) is 11.1. The number of anilines is 3. The molecule has 0 aliphatic carbocycles. The van der Waals surface area contributed by atoms with Gasteiger partial charge in [0.1, 0.15) is 5.70 Å². The molecular weight excluding hydrogens is 434 g/mol. The molecule has 3 aromatic carbocycles. The third-order valence-corrected chi connectivity index (χ3v) is 6.44. The third-order valence-electron chi connectivity index (χ3n) is 6.13. The van der Waals surface area contributed by atoms with Gasteiger partial charge >= 0.3 is 0 Å². The molecule has 5 rings (SSSR count). The summed E-state index contributed by atoms with van der Waals surface area (Å²) in [5.74, 6) is -0.819. The monoisotopic (exact) mass is 457 g/mol. The molecule has 0 saturated carbocycles. The molecule has 1 N–H and O–H groups in total. The number of rotatable bonds is 5. The minimum Gasteiger partial charge on any atom is -0.372 e. The normalized spacial score (nSPS) is 16.2. The van der Waals surface area contributed by atoms with Crippen LogP contribution < -0.4 is 15.1 Å². The van der Waals surface area contributed by atoms with Gasteiger partial charge in [-0.25, -0.2) is 4.90 Å². The Hall–Kier alpha value is -3.57. The SMILES string of the molecule is Cc1ccc(C2=C(Nc3ccc(N4CCCC4)cc3)C(=O)N(c3ccccc3Cl)C2=O)cc1. The van der Waals surface area contributed by atoms with Crippen molar-refractivity contribution in [3.8, 4) is 0 Å². The molecule has 2 aliphatic rings. The standard InChI is InChI=1S/C27H24ClN3O2/c1-18-8-10-19(11-9-18)24-25(27(33)31(26(24)32)23-7-3-2-6-22(23)28)29-20-12-14-21(15-13-20)30-16-4-5-17-30/h2-3,6-15,29H,4-5,16-17H2,1H3. The summed E-state index contributed by atoms with van der Waals surface area (Å²) in [6.07, 6.45) is 2.42. The van der Waals surface area contributed by atoms with Gasteiger partial charge in [0.2, 0.25) is 0 Å². The highest BCUT2D eigenvalue weighted by atomic mass is 35.5. The lowest BCUT2D eigenvalue weighted by atomic mass is 10.0. The number of hydrogen-bond donors (Lipinski definition) is 1. The van der Waals surface area contributed by atoms with E-state index >= 15 is 0 Å². The first-order chi connectivity index (χ1) is 16.0. The van der Waals surface area contributed by atoms with E-state index in [1.807, 2.05) is 55.5 Å². The summed E-state index contributed by atoms with van der Waals surface area (Å²) in [6.45, 7) is 4.11. The topological polar surface area (TPSA) is 52.7 Å². The second-order valence-electron chi connectivity index (χ2n) is 8.38. The highest BCUT2D eigenvalue weighted by molar-refractivity contribution is 6.48. The Morgan fingerprint density at radius 3 is 2.15 bits per heavy atom. The molecule has 0 bridgehead atoms. The maximum absolute atomic E-state index is 13.5. The molecule has 3 aromatic rings. The zero-order valence-corrected chi connectivity index (χ0v) is 19.1. The van der Waals surface area contributed by atoms with Gasteiger partial charge in [-0.1, -0.05) is 53.6 Å². The van der Waals surface area contributed by atoms with E-state index in [1.54, 1.807) is 24.3 Å². The predicted octanol–water partition coefficient (Wildman–Crippen LogP) is 5.65. The molecule has 0 aromatic heterocycles. The van der Waals surface area contributed by atoms with E-state index in [0.717, 1.165) is 34.9 Å². The first-order valence-corrected chi connectivity index (χ1v) is 11.5. The Kier molecular flexibility index (Phi) is 5.65. The number of halogens is 1. The third kappa shape index (κ3) is 4.00. The molecule has 0 spiro atoms. The smallest absolute Gasteiger partial charge is 0.282 e. The van der Waals surface area contributed by atoms with Gasteiger partial charge < -0.3 is 10.2 Å². The van der Waals surface area contributed by atoms with Gasteiger partial charge in [-0.05, 0) is 61.7 Å². The molecule has 2 aliphatic heterocycles. The fourth-order valence-electron chi connectivity index (χ4n) is 4.36. The van der Waals surface area contributed by atoms with Crippen molar-refractivity contribution in [3.63, 3.8) is 0 Å². The Labute approximate surface area is 198 Å². The van der Waals surface area contributed by atoms with E-state index in [2.05, 4.69) is 10.2 Å². The van der Waals surface area contributed by atoms with Crippen molar-refractivity contribution in [2.75, 3.05) is 28.2 Å². The van der Waals surface area contributed by atoms with Crippen LogP contribution in [0.1, 0.15) is 24.0 Å². The molecule has 33 heavy (non-hydrogen) atoms. The lowest BCUT2D eigenvalue weighted by Gasteiger charge is -2.18. The molecule has 166 valence electrons. The summed E-state index contributed by atoms with van der Waals surface area (Å²) in [6, 6.07) is 22.5. The highest BCUT2D eigenvalue weighted by Gasteiger charge is 2.41. The number of nitrogens with one attached hydrogen (secondary N) is 1. The van der Waals surface area contributed by atoms with Gasteiger partial charge in [0.15, 0.2) is 0 Å². The minimum absolute atomic E-state index is 0.248. The zero-order valence-electron chi connectivity index (χ0n) is 18.3. The van der Waals surface area contributed by atoms with Crippen molar-refractivity contribution in [1.82, 2.24) is 0 Å². The number of para-hydroxylation sites is 1. The first kappa shape index (κ1) is 21.3. The number of carbonyl (C=O) groups is 2. The molecule has 5 nitrogen and oxygen atoms in total. The van der Waals surface area contributed by atoms with E-state index in [9.17, 15) is 9.59 Å². The van der Waals surface area contributed by atoms with Crippen LogP contribution in [0.4, 0.5) is 17.1 Å². The largest absolute Gasteiger partial charge is 0.372 e. The number of carbonyl (C=O) groups excluding carboxylic acids is 2. The van der Waals surface area contributed by atoms with Crippen molar-refractivity contribution in [3.05, 3.63) is 94.6 Å². The molecule has 1 fully saturated rings. The van der Waals surface area contributed by atoms with Crippen LogP contribution >= 0.6 is 11.6 Å². The van der Waals surface area contributed by atoms with Crippen molar-refractivity contribution >= 4 is 46.1 Å². The Morgan fingerprint density at radius 2 is 1.48 bits per heavy atom. The average Bonchev–Trinajstić information content (AvgIpc) is 3.44. The lowest BCUT2D eigenvalue weighted by Crippen LogP contribution is -2.32. The maximum Gasteiger partial charge on any atom is 0.282 e. The summed E-state index contributed by atoms with van der Waals surface area (Å²) in [5, 5.41) is 3.57. The number of benzene rings is 3. The van der Waals surface area contributed by atoms with Crippen molar-refractivity contribution in [2.45, 2.75) is 19.8 Å². The van der Waals surface area contributed by atoms with Gasteiger partial charge in [-0.3, -0.25) is 9.59 Å².